The van der Waals surface area contributed by atoms with E-state index in [-0.39, 0.29) is 6.04 Å². The zero-order chi connectivity index (χ0) is 20.2. The van der Waals surface area contributed by atoms with Crippen molar-refractivity contribution in [2.24, 2.45) is 0 Å². The summed E-state index contributed by atoms with van der Waals surface area (Å²) in [6, 6.07) is 8.71. The lowest BCUT2D eigenvalue weighted by Gasteiger charge is -2.23. The van der Waals surface area contributed by atoms with Gasteiger partial charge in [-0.3, -0.25) is 0 Å². The molecule has 0 amide bonds. The zero-order valence-electron chi connectivity index (χ0n) is 17.7. The lowest BCUT2D eigenvalue weighted by atomic mass is 10.1. The lowest BCUT2D eigenvalue weighted by molar-refractivity contribution is 0.252. The van der Waals surface area contributed by atoms with Crippen molar-refractivity contribution in [3.63, 3.8) is 0 Å². The van der Waals surface area contributed by atoms with Crippen LogP contribution in [0.3, 0.4) is 0 Å². The van der Waals surface area contributed by atoms with Crippen LogP contribution in [0.2, 0.25) is 0 Å². The minimum Gasteiger partial charge on any atom is -0.364 e. The molecule has 1 fully saturated rings. The van der Waals surface area contributed by atoms with Gasteiger partial charge in [-0.25, -0.2) is 0 Å². The molecule has 0 bridgehead atoms. The monoisotopic (exact) mass is 392 g/mol. The predicted molar refractivity (Wildman–Crippen MR) is 117 cm³/mol. The maximum atomic E-state index is 5.69. The average molecular weight is 393 g/mol. The number of hydrogen-bond acceptors (Lipinski definition) is 4. The van der Waals surface area contributed by atoms with Gasteiger partial charge in [-0.05, 0) is 38.3 Å². The molecule has 1 aliphatic heterocycles. The van der Waals surface area contributed by atoms with E-state index in [1.165, 1.54) is 43.0 Å². The van der Waals surface area contributed by atoms with Crippen LogP contribution in [0.5, 0.6) is 0 Å². The van der Waals surface area contributed by atoms with Crippen LogP contribution in [0.1, 0.15) is 70.7 Å². The van der Waals surface area contributed by atoms with Gasteiger partial charge in [-0.15, -0.1) is 0 Å². The SMILES string of the molecule is C=C(C)N1CCC[C@H]1c1nc(-c2cccc3c2ccn3CCCCCCC)no1. The number of nitrogens with zero attached hydrogens (tertiary/aromatic N) is 4. The van der Waals surface area contributed by atoms with E-state index >= 15 is 0 Å². The van der Waals surface area contributed by atoms with E-state index in [0.29, 0.717) is 11.7 Å². The van der Waals surface area contributed by atoms with Crippen molar-refractivity contribution >= 4 is 10.9 Å². The predicted octanol–water partition coefficient (Wildman–Crippen LogP) is 6.33. The summed E-state index contributed by atoms with van der Waals surface area (Å²) in [7, 11) is 0. The molecule has 4 rings (SSSR count). The fourth-order valence-corrected chi connectivity index (χ4v) is 4.46. The van der Waals surface area contributed by atoms with Crippen LogP contribution in [0, 0.1) is 0 Å². The molecule has 0 saturated carbocycles. The van der Waals surface area contributed by atoms with Gasteiger partial charge in [0.15, 0.2) is 0 Å². The number of likely N-dealkylation sites (tertiary alicyclic amines) is 1. The van der Waals surface area contributed by atoms with Gasteiger partial charge in [0.2, 0.25) is 11.7 Å². The van der Waals surface area contributed by atoms with Gasteiger partial charge in [0.05, 0.1) is 0 Å². The van der Waals surface area contributed by atoms with Gasteiger partial charge in [0.25, 0.3) is 0 Å². The van der Waals surface area contributed by atoms with E-state index in [2.05, 4.69) is 58.6 Å². The van der Waals surface area contributed by atoms with Crippen LogP contribution >= 0.6 is 0 Å². The van der Waals surface area contributed by atoms with Gasteiger partial charge < -0.3 is 14.0 Å². The fourth-order valence-electron chi connectivity index (χ4n) is 4.46. The van der Waals surface area contributed by atoms with E-state index in [1.807, 2.05) is 6.92 Å². The lowest BCUT2D eigenvalue weighted by Crippen LogP contribution is -2.20. The summed E-state index contributed by atoms with van der Waals surface area (Å²) in [5.74, 6) is 1.38. The number of unbranched alkanes of at least 4 members (excludes halogenated alkanes) is 4. The van der Waals surface area contributed by atoms with Gasteiger partial charge in [0.1, 0.15) is 6.04 Å². The summed E-state index contributed by atoms with van der Waals surface area (Å²) < 4.78 is 8.04. The standard InChI is InChI=1S/C24H32N4O/c1-4-5-6-7-8-15-27-17-14-19-20(11-9-12-21(19)27)23-25-24(29-26-23)22-13-10-16-28(22)18(2)3/h9,11-12,14,17,22H,2,4-8,10,13,15-16H2,1,3H3/t22-/m0/s1. The zero-order valence-corrected chi connectivity index (χ0v) is 17.7. The molecule has 29 heavy (non-hydrogen) atoms. The molecule has 1 aromatic carbocycles. The highest BCUT2D eigenvalue weighted by Crippen LogP contribution is 2.35. The summed E-state index contributed by atoms with van der Waals surface area (Å²) >= 11 is 0. The normalized spacial score (nSPS) is 16.8. The second kappa shape index (κ2) is 8.85. The first-order valence-electron chi connectivity index (χ1n) is 11.0. The van der Waals surface area contributed by atoms with E-state index in [0.717, 1.165) is 37.2 Å². The van der Waals surface area contributed by atoms with Crippen molar-refractivity contribution in [1.82, 2.24) is 19.6 Å². The highest BCUT2D eigenvalue weighted by Gasteiger charge is 2.30. The van der Waals surface area contributed by atoms with Crippen LogP contribution in [0.4, 0.5) is 0 Å². The molecule has 0 aliphatic carbocycles. The van der Waals surface area contributed by atoms with Crippen molar-refractivity contribution in [1.29, 1.82) is 0 Å². The third kappa shape index (κ3) is 4.09. The Morgan fingerprint density at radius 1 is 1.21 bits per heavy atom. The van der Waals surface area contributed by atoms with Crippen molar-refractivity contribution in [2.45, 2.75) is 71.4 Å². The molecule has 0 spiro atoms. The topological polar surface area (TPSA) is 47.1 Å². The molecule has 154 valence electrons. The first-order chi connectivity index (χ1) is 14.2. The summed E-state index contributed by atoms with van der Waals surface area (Å²) in [6.07, 6.45) is 10.8. The quantitative estimate of drug-likeness (QED) is 0.399. The molecule has 5 nitrogen and oxygen atoms in total. The Morgan fingerprint density at radius 2 is 2.07 bits per heavy atom. The number of aryl methyl sites for hydroxylation is 1. The van der Waals surface area contributed by atoms with Crippen LogP contribution in [0.15, 0.2) is 47.3 Å². The molecule has 3 aromatic rings. The summed E-state index contributed by atoms with van der Waals surface area (Å²) in [5.41, 5.74) is 3.35. The first kappa shape index (κ1) is 19.7. The minimum absolute atomic E-state index is 0.153. The van der Waals surface area contributed by atoms with Gasteiger partial charge in [-0.1, -0.05) is 56.5 Å². The van der Waals surface area contributed by atoms with Crippen molar-refractivity contribution in [3.05, 3.63) is 48.6 Å². The molecule has 0 radical (unpaired) electrons. The summed E-state index contributed by atoms with van der Waals surface area (Å²) in [5, 5.41) is 5.52. The second-order valence-electron chi connectivity index (χ2n) is 8.20. The number of hydrogen-bond donors (Lipinski definition) is 0. The van der Waals surface area contributed by atoms with Gasteiger partial charge >= 0.3 is 0 Å². The summed E-state index contributed by atoms with van der Waals surface area (Å²) in [6.45, 7) is 10.5. The Balaban J connectivity index is 1.54. The molecule has 0 unspecified atom stereocenters. The smallest absolute Gasteiger partial charge is 0.249 e. The first-order valence-corrected chi connectivity index (χ1v) is 11.0. The van der Waals surface area contributed by atoms with Crippen LogP contribution in [-0.4, -0.2) is 26.2 Å². The van der Waals surface area contributed by atoms with Crippen molar-refractivity contribution in [2.75, 3.05) is 6.54 Å². The number of allylic oxidation sites excluding steroid dienone is 1. The Labute approximate surface area is 173 Å². The molecule has 1 atom stereocenters. The van der Waals surface area contributed by atoms with Gasteiger partial charge in [-0.2, -0.15) is 4.98 Å². The van der Waals surface area contributed by atoms with Gasteiger partial charge in [0, 0.05) is 41.4 Å². The Hall–Kier alpha value is -2.56. The molecular formula is C24H32N4O. The second-order valence-corrected chi connectivity index (χ2v) is 8.20. The molecule has 5 heteroatoms. The van der Waals surface area contributed by atoms with Crippen LogP contribution in [-0.2, 0) is 6.54 Å². The fraction of sp³-hybridized carbons (Fsp3) is 0.500. The third-order valence-corrected chi connectivity index (χ3v) is 6.03. The van der Waals surface area contributed by atoms with E-state index in [4.69, 9.17) is 9.51 Å². The number of fused-ring (bicyclic) bond motifs is 1. The maximum Gasteiger partial charge on any atom is 0.249 e. The van der Waals surface area contributed by atoms with Crippen molar-refractivity contribution < 1.29 is 4.52 Å². The molecular weight excluding hydrogens is 360 g/mol. The van der Waals surface area contributed by atoms with Crippen LogP contribution in [0.25, 0.3) is 22.3 Å². The number of aromatic nitrogens is 3. The maximum absolute atomic E-state index is 5.69. The highest BCUT2D eigenvalue weighted by molar-refractivity contribution is 5.93. The molecule has 0 N–H and O–H groups in total. The molecule has 2 aromatic heterocycles. The average Bonchev–Trinajstić information content (AvgIpc) is 3.46. The number of benzene rings is 1. The van der Waals surface area contributed by atoms with E-state index < -0.39 is 0 Å². The Kier molecular flexibility index (Phi) is 6.02. The Morgan fingerprint density at radius 3 is 2.90 bits per heavy atom. The largest absolute Gasteiger partial charge is 0.364 e. The third-order valence-electron chi connectivity index (χ3n) is 6.03. The summed E-state index contributed by atoms with van der Waals surface area (Å²) in [4.78, 5) is 7.05. The number of rotatable bonds is 9. The molecule has 1 saturated heterocycles. The van der Waals surface area contributed by atoms with E-state index in [1.54, 1.807) is 0 Å². The highest BCUT2D eigenvalue weighted by atomic mass is 16.5. The molecule has 1 aliphatic rings. The molecule has 3 heterocycles. The van der Waals surface area contributed by atoms with E-state index in [9.17, 15) is 0 Å². The minimum atomic E-state index is 0.153. The Bertz CT molecular complexity index is 970. The van der Waals surface area contributed by atoms with Crippen molar-refractivity contribution in [3.8, 4) is 11.4 Å². The van der Waals surface area contributed by atoms with Crippen LogP contribution < -0.4 is 0 Å².